The summed E-state index contributed by atoms with van der Waals surface area (Å²) in [6, 6.07) is -0.342. The Balaban J connectivity index is 2.20. The van der Waals surface area contributed by atoms with Gasteiger partial charge < -0.3 is 20.5 Å². The molecule has 9 nitrogen and oxygen atoms in total. The molecule has 112 valence electrons. The first-order valence-corrected chi connectivity index (χ1v) is 6.21. The van der Waals surface area contributed by atoms with Gasteiger partial charge in [-0.25, -0.2) is 9.48 Å². The van der Waals surface area contributed by atoms with E-state index in [0.29, 0.717) is 18.8 Å². The molecular formula is C11H19N5O4. The third-order valence-corrected chi connectivity index (χ3v) is 2.15. The second-order valence-electron chi connectivity index (χ2n) is 4.33. The van der Waals surface area contributed by atoms with E-state index in [1.165, 1.54) is 10.9 Å². The van der Waals surface area contributed by atoms with Crippen LogP contribution in [0.25, 0.3) is 0 Å². The highest BCUT2D eigenvalue weighted by Gasteiger charge is 2.06. The molecule has 2 amide bonds. The highest BCUT2D eigenvalue weighted by atomic mass is 16.5. The zero-order valence-corrected chi connectivity index (χ0v) is 11.5. The van der Waals surface area contributed by atoms with Crippen molar-refractivity contribution in [3.05, 3.63) is 11.9 Å². The number of carboxylic acids is 1. The number of carbonyl (C=O) groups excluding carboxylic acids is 1. The summed E-state index contributed by atoms with van der Waals surface area (Å²) in [4.78, 5) is 21.9. The van der Waals surface area contributed by atoms with Gasteiger partial charge in [0, 0.05) is 6.54 Å². The average molecular weight is 285 g/mol. The third-order valence-electron chi connectivity index (χ3n) is 2.15. The molecular weight excluding hydrogens is 266 g/mol. The summed E-state index contributed by atoms with van der Waals surface area (Å²) in [5, 5.41) is 21.1. The Kier molecular flexibility index (Phi) is 6.44. The Morgan fingerprint density at radius 1 is 1.45 bits per heavy atom. The van der Waals surface area contributed by atoms with Gasteiger partial charge in [-0.15, -0.1) is 5.10 Å². The first-order valence-electron chi connectivity index (χ1n) is 6.21. The summed E-state index contributed by atoms with van der Waals surface area (Å²) in [6.45, 7) is 4.61. The maximum atomic E-state index is 11.4. The number of nitrogens with zero attached hydrogens (tertiary/aromatic N) is 3. The molecule has 0 aliphatic heterocycles. The van der Waals surface area contributed by atoms with Crippen LogP contribution in [0.3, 0.4) is 0 Å². The predicted molar refractivity (Wildman–Crippen MR) is 69.0 cm³/mol. The van der Waals surface area contributed by atoms with E-state index in [4.69, 9.17) is 9.84 Å². The standard InChI is InChI=1S/C11H19N5O4/c1-8(2)20-4-3-12-11(19)13-5-9-6-16(15-14-9)7-10(17)18/h6,8H,3-5,7H2,1-2H3,(H,17,18)(H2,12,13,19). The van der Waals surface area contributed by atoms with Crippen LogP contribution in [0.2, 0.25) is 0 Å². The number of hydrogen-bond donors (Lipinski definition) is 3. The molecule has 0 saturated heterocycles. The van der Waals surface area contributed by atoms with E-state index in [-0.39, 0.29) is 25.2 Å². The molecule has 0 aliphatic carbocycles. The lowest BCUT2D eigenvalue weighted by Gasteiger charge is -2.09. The lowest BCUT2D eigenvalue weighted by Crippen LogP contribution is -2.37. The van der Waals surface area contributed by atoms with Crippen LogP contribution < -0.4 is 10.6 Å². The second-order valence-corrected chi connectivity index (χ2v) is 4.33. The number of amides is 2. The predicted octanol–water partition coefficient (Wildman–Crippen LogP) is -0.413. The molecule has 0 saturated carbocycles. The molecule has 0 atom stereocenters. The van der Waals surface area contributed by atoms with E-state index in [2.05, 4.69) is 20.9 Å². The minimum absolute atomic E-state index is 0.129. The Morgan fingerprint density at radius 3 is 2.85 bits per heavy atom. The van der Waals surface area contributed by atoms with E-state index in [0.717, 1.165) is 0 Å². The van der Waals surface area contributed by atoms with Crippen molar-refractivity contribution in [1.82, 2.24) is 25.6 Å². The van der Waals surface area contributed by atoms with E-state index < -0.39 is 5.97 Å². The van der Waals surface area contributed by atoms with Gasteiger partial charge >= 0.3 is 12.0 Å². The Bertz CT molecular complexity index is 446. The Hall–Kier alpha value is -2.16. The molecule has 0 aliphatic rings. The highest BCUT2D eigenvalue weighted by Crippen LogP contribution is 1.92. The fourth-order valence-corrected chi connectivity index (χ4v) is 1.33. The lowest BCUT2D eigenvalue weighted by molar-refractivity contribution is -0.137. The number of carboxylic acid groups (broad SMARTS) is 1. The summed E-state index contributed by atoms with van der Waals surface area (Å²) < 4.78 is 6.46. The Labute approximate surface area is 116 Å². The summed E-state index contributed by atoms with van der Waals surface area (Å²) in [5.41, 5.74) is 0.486. The zero-order valence-electron chi connectivity index (χ0n) is 11.5. The number of urea groups is 1. The van der Waals surface area contributed by atoms with Crippen LogP contribution in [0, 0.1) is 0 Å². The molecule has 1 rings (SSSR count). The number of ether oxygens (including phenoxy) is 1. The van der Waals surface area contributed by atoms with Gasteiger partial charge in [0.15, 0.2) is 0 Å². The minimum Gasteiger partial charge on any atom is -0.480 e. The van der Waals surface area contributed by atoms with Crippen LogP contribution in [0.4, 0.5) is 4.79 Å². The molecule has 0 spiro atoms. The van der Waals surface area contributed by atoms with Gasteiger partial charge in [-0.2, -0.15) is 0 Å². The van der Waals surface area contributed by atoms with Crippen LogP contribution >= 0.6 is 0 Å². The number of hydrogen-bond acceptors (Lipinski definition) is 5. The molecule has 0 bridgehead atoms. The van der Waals surface area contributed by atoms with Crippen molar-refractivity contribution in [2.24, 2.45) is 0 Å². The maximum absolute atomic E-state index is 11.4. The van der Waals surface area contributed by atoms with Gasteiger partial charge in [0.2, 0.25) is 0 Å². The molecule has 9 heteroatoms. The number of carbonyl (C=O) groups is 2. The van der Waals surface area contributed by atoms with E-state index in [9.17, 15) is 9.59 Å². The molecule has 0 unspecified atom stereocenters. The maximum Gasteiger partial charge on any atom is 0.325 e. The summed E-state index contributed by atoms with van der Waals surface area (Å²) in [6.07, 6.45) is 1.60. The molecule has 1 aromatic heterocycles. The van der Waals surface area contributed by atoms with Crippen molar-refractivity contribution in [1.29, 1.82) is 0 Å². The van der Waals surface area contributed by atoms with Gasteiger partial charge in [-0.3, -0.25) is 4.79 Å². The smallest absolute Gasteiger partial charge is 0.325 e. The van der Waals surface area contributed by atoms with Crippen molar-refractivity contribution in [2.45, 2.75) is 33.0 Å². The number of nitrogens with one attached hydrogen (secondary N) is 2. The van der Waals surface area contributed by atoms with E-state index >= 15 is 0 Å². The van der Waals surface area contributed by atoms with Gasteiger partial charge in [0.25, 0.3) is 0 Å². The van der Waals surface area contributed by atoms with Gasteiger partial charge in [0.05, 0.1) is 25.5 Å². The lowest BCUT2D eigenvalue weighted by atomic mass is 10.4. The Morgan fingerprint density at radius 2 is 2.20 bits per heavy atom. The third kappa shape index (κ3) is 6.69. The highest BCUT2D eigenvalue weighted by molar-refractivity contribution is 5.73. The van der Waals surface area contributed by atoms with Gasteiger partial charge in [-0.05, 0) is 13.8 Å². The van der Waals surface area contributed by atoms with Crippen molar-refractivity contribution in [3.8, 4) is 0 Å². The van der Waals surface area contributed by atoms with Crippen molar-refractivity contribution in [3.63, 3.8) is 0 Å². The quantitative estimate of drug-likeness (QED) is 0.559. The van der Waals surface area contributed by atoms with E-state index in [1.54, 1.807) is 0 Å². The monoisotopic (exact) mass is 285 g/mol. The zero-order chi connectivity index (χ0) is 15.0. The minimum atomic E-state index is -1.00. The molecule has 1 heterocycles. The van der Waals surface area contributed by atoms with Crippen molar-refractivity contribution in [2.75, 3.05) is 13.2 Å². The largest absolute Gasteiger partial charge is 0.480 e. The fraction of sp³-hybridized carbons (Fsp3) is 0.636. The van der Waals surface area contributed by atoms with Gasteiger partial charge in [-0.1, -0.05) is 5.21 Å². The molecule has 0 aromatic carbocycles. The second kappa shape index (κ2) is 8.10. The molecule has 20 heavy (non-hydrogen) atoms. The summed E-state index contributed by atoms with van der Waals surface area (Å²) in [5.74, 6) is -1.00. The summed E-state index contributed by atoms with van der Waals surface area (Å²) >= 11 is 0. The molecule has 1 aromatic rings. The first kappa shape index (κ1) is 15.9. The molecule has 0 radical (unpaired) electrons. The van der Waals surface area contributed by atoms with Crippen molar-refractivity contribution < 1.29 is 19.4 Å². The topological polar surface area (TPSA) is 118 Å². The van der Waals surface area contributed by atoms with Crippen LogP contribution in [0.1, 0.15) is 19.5 Å². The van der Waals surface area contributed by atoms with Crippen LogP contribution in [0.5, 0.6) is 0 Å². The van der Waals surface area contributed by atoms with Crippen LogP contribution in [-0.2, 0) is 22.6 Å². The average Bonchev–Trinajstić information content (AvgIpc) is 2.78. The molecule has 0 fully saturated rings. The van der Waals surface area contributed by atoms with Crippen LogP contribution in [-0.4, -0.2) is 51.4 Å². The number of rotatable bonds is 8. The normalized spacial score (nSPS) is 10.6. The van der Waals surface area contributed by atoms with E-state index in [1.807, 2.05) is 13.8 Å². The molecule has 3 N–H and O–H groups in total. The number of aromatic nitrogens is 3. The fourth-order valence-electron chi connectivity index (χ4n) is 1.33. The number of aliphatic carboxylic acids is 1. The first-order chi connectivity index (χ1) is 9.47. The van der Waals surface area contributed by atoms with Crippen LogP contribution in [0.15, 0.2) is 6.20 Å². The summed E-state index contributed by atoms with van der Waals surface area (Å²) in [7, 11) is 0. The van der Waals surface area contributed by atoms with Crippen molar-refractivity contribution >= 4 is 12.0 Å². The SMILES string of the molecule is CC(C)OCCNC(=O)NCc1cn(CC(=O)O)nn1. The van der Waals surface area contributed by atoms with Gasteiger partial charge in [0.1, 0.15) is 12.2 Å².